The van der Waals surface area contributed by atoms with Crippen molar-refractivity contribution in [2.75, 3.05) is 24.8 Å². The Labute approximate surface area is 146 Å². The number of nitrogens with one attached hydrogen (secondary N) is 1. The van der Waals surface area contributed by atoms with Crippen LogP contribution in [0.5, 0.6) is 5.75 Å². The van der Waals surface area contributed by atoms with E-state index >= 15 is 0 Å². The van der Waals surface area contributed by atoms with Crippen LogP contribution < -0.4 is 15.8 Å². The molecule has 0 radical (unpaired) electrons. The molecular weight excluding hydrogens is 320 g/mol. The van der Waals surface area contributed by atoms with Gasteiger partial charge in [0.15, 0.2) is 0 Å². The van der Waals surface area contributed by atoms with Gasteiger partial charge in [0.2, 0.25) is 5.91 Å². The highest BCUT2D eigenvalue weighted by atomic mass is 16.5. The van der Waals surface area contributed by atoms with Gasteiger partial charge >= 0.3 is 5.97 Å². The molecule has 2 aromatic carbocycles. The van der Waals surface area contributed by atoms with Crippen molar-refractivity contribution in [2.45, 2.75) is 19.3 Å². The molecule has 0 heterocycles. The zero-order chi connectivity index (χ0) is 18.1. The number of esters is 1. The fourth-order valence-electron chi connectivity index (χ4n) is 2.17. The zero-order valence-corrected chi connectivity index (χ0v) is 14.2. The normalized spacial score (nSPS) is 10.1. The summed E-state index contributed by atoms with van der Waals surface area (Å²) < 4.78 is 10.1. The molecule has 132 valence electrons. The van der Waals surface area contributed by atoms with Gasteiger partial charge in [-0.05, 0) is 48.4 Å². The van der Waals surface area contributed by atoms with E-state index in [1.165, 1.54) is 7.11 Å². The van der Waals surface area contributed by atoms with Gasteiger partial charge in [-0.2, -0.15) is 0 Å². The summed E-state index contributed by atoms with van der Waals surface area (Å²) >= 11 is 0. The highest BCUT2D eigenvalue weighted by Crippen LogP contribution is 2.16. The van der Waals surface area contributed by atoms with Gasteiger partial charge in [0, 0.05) is 17.8 Å². The first-order chi connectivity index (χ1) is 12.1. The molecule has 0 atom stereocenters. The Morgan fingerprint density at radius 3 is 2.36 bits per heavy atom. The van der Waals surface area contributed by atoms with Crippen LogP contribution in [-0.2, 0) is 20.7 Å². The standard InChI is InChI=1S/C19H22N2O4/c1-24-19(23)3-2-12-25-17-10-8-16(9-11-17)21-18(22)13-14-4-6-15(20)7-5-14/h4-11H,2-3,12-13,20H2,1H3,(H,21,22). The Hall–Kier alpha value is -3.02. The number of amides is 1. The topological polar surface area (TPSA) is 90.6 Å². The third kappa shape index (κ3) is 6.55. The second kappa shape index (κ2) is 9.32. The fraction of sp³-hybridized carbons (Fsp3) is 0.263. The summed E-state index contributed by atoms with van der Waals surface area (Å²) in [5.41, 5.74) is 7.89. The lowest BCUT2D eigenvalue weighted by Gasteiger charge is -2.08. The van der Waals surface area contributed by atoms with Gasteiger partial charge in [0.05, 0.1) is 20.1 Å². The maximum Gasteiger partial charge on any atom is 0.305 e. The molecular formula is C19H22N2O4. The Morgan fingerprint density at radius 1 is 1.04 bits per heavy atom. The summed E-state index contributed by atoms with van der Waals surface area (Å²) in [4.78, 5) is 23.0. The third-order valence-corrected chi connectivity index (χ3v) is 3.50. The second-order valence-corrected chi connectivity index (χ2v) is 5.52. The molecule has 1 amide bonds. The van der Waals surface area contributed by atoms with E-state index in [0.29, 0.717) is 36.6 Å². The summed E-state index contributed by atoms with van der Waals surface area (Å²) in [5.74, 6) is 0.334. The number of nitrogens with two attached hydrogens (primary N) is 1. The van der Waals surface area contributed by atoms with Gasteiger partial charge in [-0.3, -0.25) is 9.59 Å². The zero-order valence-electron chi connectivity index (χ0n) is 14.2. The number of hydrogen-bond acceptors (Lipinski definition) is 5. The number of ether oxygens (including phenoxy) is 2. The number of carbonyl (C=O) groups excluding carboxylic acids is 2. The van der Waals surface area contributed by atoms with E-state index in [0.717, 1.165) is 5.56 Å². The number of carbonyl (C=O) groups is 2. The van der Waals surface area contributed by atoms with E-state index in [1.54, 1.807) is 36.4 Å². The maximum absolute atomic E-state index is 12.0. The summed E-state index contributed by atoms with van der Waals surface area (Å²) in [6, 6.07) is 14.3. The molecule has 0 unspecified atom stereocenters. The lowest BCUT2D eigenvalue weighted by molar-refractivity contribution is -0.140. The third-order valence-electron chi connectivity index (χ3n) is 3.50. The Balaban J connectivity index is 1.76. The van der Waals surface area contributed by atoms with Gasteiger partial charge in [-0.15, -0.1) is 0 Å². The van der Waals surface area contributed by atoms with Crippen LogP contribution in [0.2, 0.25) is 0 Å². The van der Waals surface area contributed by atoms with Crippen LogP contribution in [-0.4, -0.2) is 25.6 Å². The summed E-state index contributed by atoms with van der Waals surface area (Å²) in [5, 5.41) is 2.84. The Kier molecular flexibility index (Phi) is 6.83. The van der Waals surface area contributed by atoms with Crippen molar-refractivity contribution in [3.05, 3.63) is 54.1 Å². The van der Waals surface area contributed by atoms with E-state index in [-0.39, 0.29) is 18.3 Å². The van der Waals surface area contributed by atoms with Gasteiger partial charge in [-0.1, -0.05) is 12.1 Å². The van der Waals surface area contributed by atoms with Crippen LogP contribution in [0.15, 0.2) is 48.5 Å². The van der Waals surface area contributed by atoms with Crippen LogP contribution in [0, 0.1) is 0 Å². The molecule has 0 spiro atoms. The SMILES string of the molecule is COC(=O)CCCOc1ccc(NC(=O)Cc2ccc(N)cc2)cc1. The van der Waals surface area contributed by atoms with Crippen LogP contribution in [0.25, 0.3) is 0 Å². The summed E-state index contributed by atoms with van der Waals surface area (Å²) in [6.45, 7) is 0.429. The van der Waals surface area contributed by atoms with Crippen LogP contribution in [0.1, 0.15) is 18.4 Å². The van der Waals surface area contributed by atoms with Crippen molar-refractivity contribution in [2.24, 2.45) is 0 Å². The Morgan fingerprint density at radius 2 is 1.72 bits per heavy atom. The average molecular weight is 342 g/mol. The number of benzene rings is 2. The fourth-order valence-corrected chi connectivity index (χ4v) is 2.17. The molecule has 0 saturated carbocycles. The predicted octanol–water partition coefficient (Wildman–Crippen LogP) is 2.78. The van der Waals surface area contributed by atoms with Gasteiger partial charge in [-0.25, -0.2) is 0 Å². The van der Waals surface area contributed by atoms with Gasteiger partial charge in [0.25, 0.3) is 0 Å². The molecule has 6 heteroatoms. The smallest absolute Gasteiger partial charge is 0.305 e. The number of methoxy groups -OCH3 is 1. The first-order valence-corrected chi connectivity index (χ1v) is 8.01. The predicted molar refractivity (Wildman–Crippen MR) is 96.4 cm³/mol. The van der Waals surface area contributed by atoms with Gasteiger partial charge < -0.3 is 20.5 Å². The number of anilines is 2. The minimum atomic E-state index is -0.247. The second-order valence-electron chi connectivity index (χ2n) is 5.52. The highest BCUT2D eigenvalue weighted by molar-refractivity contribution is 5.92. The molecule has 25 heavy (non-hydrogen) atoms. The first kappa shape index (κ1) is 18.3. The molecule has 0 aliphatic carbocycles. The molecule has 6 nitrogen and oxygen atoms in total. The number of rotatable bonds is 8. The minimum absolute atomic E-state index is 0.100. The van der Waals surface area contributed by atoms with Crippen molar-refractivity contribution < 1.29 is 19.1 Å². The lowest BCUT2D eigenvalue weighted by atomic mass is 10.1. The molecule has 2 aromatic rings. The molecule has 0 fully saturated rings. The van der Waals surface area contributed by atoms with Crippen molar-refractivity contribution in [3.8, 4) is 5.75 Å². The van der Waals surface area contributed by atoms with Crippen molar-refractivity contribution in [1.29, 1.82) is 0 Å². The van der Waals surface area contributed by atoms with Crippen LogP contribution in [0.4, 0.5) is 11.4 Å². The largest absolute Gasteiger partial charge is 0.494 e. The molecule has 0 aliphatic rings. The van der Waals surface area contributed by atoms with E-state index < -0.39 is 0 Å². The molecule has 0 bridgehead atoms. The van der Waals surface area contributed by atoms with Crippen molar-refractivity contribution in [1.82, 2.24) is 0 Å². The van der Waals surface area contributed by atoms with Crippen LogP contribution in [0.3, 0.4) is 0 Å². The average Bonchev–Trinajstić information content (AvgIpc) is 2.61. The van der Waals surface area contributed by atoms with E-state index in [1.807, 2.05) is 12.1 Å². The number of hydrogen-bond donors (Lipinski definition) is 2. The summed E-state index contributed by atoms with van der Waals surface area (Å²) in [7, 11) is 1.36. The highest BCUT2D eigenvalue weighted by Gasteiger charge is 2.05. The molecule has 0 aromatic heterocycles. The van der Waals surface area contributed by atoms with Crippen molar-refractivity contribution >= 4 is 23.3 Å². The maximum atomic E-state index is 12.0. The summed E-state index contributed by atoms with van der Waals surface area (Å²) in [6.07, 6.45) is 1.20. The lowest BCUT2D eigenvalue weighted by Crippen LogP contribution is -2.14. The van der Waals surface area contributed by atoms with Gasteiger partial charge in [0.1, 0.15) is 5.75 Å². The number of nitrogen functional groups attached to an aromatic ring is 1. The van der Waals surface area contributed by atoms with Crippen molar-refractivity contribution in [3.63, 3.8) is 0 Å². The molecule has 0 saturated heterocycles. The molecule has 0 aliphatic heterocycles. The monoisotopic (exact) mass is 342 g/mol. The molecule has 3 N–H and O–H groups in total. The van der Waals surface area contributed by atoms with E-state index in [4.69, 9.17) is 10.5 Å². The van der Waals surface area contributed by atoms with E-state index in [9.17, 15) is 9.59 Å². The Bertz CT molecular complexity index is 696. The van der Waals surface area contributed by atoms with E-state index in [2.05, 4.69) is 10.1 Å². The molecule has 2 rings (SSSR count). The quantitative estimate of drug-likeness (QED) is 0.437. The minimum Gasteiger partial charge on any atom is -0.494 e. The van der Waals surface area contributed by atoms with Crippen LogP contribution >= 0.6 is 0 Å². The first-order valence-electron chi connectivity index (χ1n) is 8.01.